The summed E-state index contributed by atoms with van der Waals surface area (Å²) in [7, 11) is 0. The largest absolute Gasteiger partial charge is 0.491 e. The Bertz CT molecular complexity index is 293. The quantitative estimate of drug-likeness (QED) is 0.795. The van der Waals surface area contributed by atoms with Gasteiger partial charge in [-0.2, -0.15) is 0 Å². The molecule has 1 aromatic carbocycles. The maximum Gasteiger partial charge on any atom is 0.119 e. The fraction of sp³-hybridized carbons (Fsp3) is 0.500. The lowest BCUT2D eigenvalue weighted by Crippen LogP contribution is -2.24. The molecular formula is C12H19NO2. The lowest BCUT2D eigenvalue weighted by atomic mass is 10.0. The maximum atomic E-state index is 9.70. The fourth-order valence-corrected chi connectivity index (χ4v) is 1.32. The SMILES string of the molecule is CC(C)Oc1ccc([C@@H](O)[C@H](C)N)cc1. The van der Waals surface area contributed by atoms with Gasteiger partial charge in [0.05, 0.1) is 12.2 Å². The Morgan fingerprint density at radius 1 is 1.13 bits per heavy atom. The maximum absolute atomic E-state index is 9.70. The molecule has 2 atom stereocenters. The number of nitrogens with two attached hydrogens (primary N) is 1. The van der Waals surface area contributed by atoms with E-state index in [-0.39, 0.29) is 12.1 Å². The van der Waals surface area contributed by atoms with Crippen LogP contribution in [0.25, 0.3) is 0 Å². The first kappa shape index (κ1) is 12.0. The Hall–Kier alpha value is -1.06. The van der Waals surface area contributed by atoms with E-state index in [0.717, 1.165) is 11.3 Å². The zero-order valence-corrected chi connectivity index (χ0v) is 9.47. The Balaban J connectivity index is 2.72. The molecule has 0 amide bonds. The highest BCUT2D eigenvalue weighted by Crippen LogP contribution is 2.20. The Morgan fingerprint density at radius 2 is 1.67 bits per heavy atom. The molecule has 0 spiro atoms. The standard InChI is InChI=1S/C12H19NO2/c1-8(2)15-11-6-4-10(5-7-11)12(14)9(3)13/h4-9,12,14H,13H2,1-3H3/t9-,12-/m0/s1. The zero-order valence-electron chi connectivity index (χ0n) is 9.47. The Morgan fingerprint density at radius 3 is 2.07 bits per heavy atom. The van der Waals surface area contributed by atoms with Gasteiger partial charge in [-0.05, 0) is 38.5 Å². The molecule has 15 heavy (non-hydrogen) atoms. The molecule has 0 saturated heterocycles. The minimum absolute atomic E-state index is 0.161. The third-order valence-electron chi connectivity index (χ3n) is 2.09. The summed E-state index contributed by atoms with van der Waals surface area (Å²) >= 11 is 0. The first-order valence-corrected chi connectivity index (χ1v) is 5.21. The van der Waals surface area contributed by atoms with Gasteiger partial charge in [-0.3, -0.25) is 0 Å². The first-order chi connectivity index (χ1) is 7.00. The number of rotatable bonds is 4. The molecule has 0 bridgehead atoms. The summed E-state index contributed by atoms with van der Waals surface area (Å²) in [5.74, 6) is 0.811. The molecule has 1 aromatic rings. The molecule has 0 unspecified atom stereocenters. The molecule has 0 aliphatic rings. The number of aliphatic hydroxyl groups is 1. The normalized spacial score (nSPS) is 15.1. The van der Waals surface area contributed by atoms with E-state index in [1.54, 1.807) is 6.92 Å². The number of ether oxygens (including phenoxy) is 1. The molecule has 84 valence electrons. The highest BCUT2D eigenvalue weighted by Gasteiger charge is 2.11. The van der Waals surface area contributed by atoms with Crippen LogP contribution < -0.4 is 10.5 Å². The van der Waals surface area contributed by atoms with E-state index in [1.807, 2.05) is 38.1 Å². The summed E-state index contributed by atoms with van der Waals surface area (Å²) in [6.45, 7) is 5.73. The third kappa shape index (κ3) is 3.53. The molecule has 3 N–H and O–H groups in total. The van der Waals surface area contributed by atoms with Crippen LogP contribution in [0.5, 0.6) is 5.75 Å². The van der Waals surface area contributed by atoms with Crippen molar-refractivity contribution in [2.45, 2.75) is 39.0 Å². The summed E-state index contributed by atoms with van der Waals surface area (Å²) in [5, 5.41) is 9.70. The van der Waals surface area contributed by atoms with Gasteiger partial charge in [0.15, 0.2) is 0 Å². The van der Waals surface area contributed by atoms with E-state index in [1.165, 1.54) is 0 Å². The van der Waals surface area contributed by atoms with Crippen LogP contribution in [-0.2, 0) is 0 Å². The molecule has 0 aliphatic heterocycles. The molecule has 0 radical (unpaired) electrons. The van der Waals surface area contributed by atoms with Crippen LogP contribution in [0.4, 0.5) is 0 Å². The van der Waals surface area contributed by atoms with Crippen LogP contribution in [0.3, 0.4) is 0 Å². The second-order valence-corrected chi connectivity index (χ2v) is 4.04. The van der Waals surface area contributed by atoms with Crippen LogP contribution in [0.2, 0.25) is 0 Å². The van der Waals surface area contributed by atoms with Crippen LogP contribution in [0.1, 0.15) is 32.4 Å². The molecule has 1 rings (SSSR count). The monoisotopic (exact) mass is 209 g/mol. The van der Waals surface area contributed by atoms with Crippen molar-refractivity contribution in [3.05, 3.63) is 29.8 Å². The van der Waals surface area contributed by atoms with Crippen molar-refractivity contribution >= 4 is 0 Å². The van der Waals surface area contributed by atoms with Crippen molar-refractivity contribution in [2.75, 3.05) is 0 Å². The summed E-state index contributed by atoms with van der Waals surface area (Å²) in [4.78, 5) is 0. The summed E-state index contributed by atoms with van der Waals surface area (Å²) in [6, 6.07) is 7.11. The lowest BCUT2D eigenvalue weighted by molar-refractivity contribution is 0.153. The van der Waals surface area contributed by atoms with Crippen molar-refractivity contribution in [2.24, 2.45) is 5.73 Å². The van der Waals surface area contributed by atoms with E-state index in [2.05, 4.69) is 0 Å². The van der Waals surface area contributed by atoms with Crippen molar-refractivity contribution in [1.82, 2.24) is 0 Å². The van der Waals surface area contributed by atoms with Crippen molar-refractivity contribution in [3.63, 3.8) is 0 Å². The van der Waals surface area contributed by atoms with Gasteiger partial charge in [-0.1, -0.05) is 12.1 Å². The van der Waals surface area contributed by atoms with E-state index in [4.69, 9.17) is 10.5 Å². The highest BCUT2D eigenvalue weighted by atomic mass is 16.5. The second-order valence-electron chi connectivity index (χ2n) is 4.04. The number of hydrogen-bond donors (Lipinski definition) is 2. The second kappa shape index (κ2) is 5.14. The van der Waals surface area contributed by atoms with Crippen LogP contribution in [0, 0.1) is 0 Å². The predicted molar refractivity (Wildman–Crippen MR) is 60.8 cm³/mol. The average Bonchev–Trinajstić information content (AvgIpc) is 2.17. The van der Waals surface area contributed by atoms with Gasteiger partial charge >= 0.3 is 0 Å². The van der Waals surface area contributed by atoms with E-state index in [0.29, 0.717) is 0 Å². The van der Waals surface area contributed by atoms with Gasteiger partial charge in [-0.25, -0.2) is 0 Å². The molecule has 3 nitrogen and oxygen atoms in total. The van der Waals surface area contributed by atoms with Crippen LogP contribution in [0.15, 0.2) is 24.3 Å². The minimum Gasteiger partial charge on any atom is -0.491 e. The number of benzene rings is 1. The van der Waals surface area contributed by atoms with Crippen LogP contribution in [-0.4, -0.2) is 17.3 Å². The van der Waals surface area contributed by atoms with Gasteiger partial charge in [0.25, 0.3) is 0 Å². The van der Waals surface area contributed by atoms with E-state index >= 15 is 0 Å². The highest BCUT2D eigenvalue weighted by molar-refractivity contribution is 5.29. The molecular weight excluding hydrogens is 190 g/mol. The van der Waals surface area contributed by atoms with Crippen molar-refractivity contribution in [3.8, 4) is 5.75 Å². The number of hydrogen-bond acceptors (Lipinski definition) is 3. The van der Waals surface area contributed by atoms with Gasteiger partial charge in [-0.15, -0.1) is 0 Å². The van der Waals surface area contributed by atoms with Gasteiger partial charge in [0.2, 0.25) is 0 Å². The Labute approximate surface area is 90.9 Å². The predicted octanol–water partition coefficient (Wildman–Crippen LogP) is 1.85. The first-order valence-electron chi connectivity index (χ1n) is 5.21. The molecule has 0 fully saturated rings. The van der Waals surface area contributed by atoms with Gasteiger partial charge < -0.3 is 15.6 Å². The molecule has 3 heteroatoms. The molecule has 0 heterocycles. The van der Waals surface area contributed by atoms with E-state index in [9.17, 15) is 5.11 Å². The van der Waals surface area contributed by atoms with Gasteiger partial charge in [0.1, 0.15) is 5.75 Å². The fourth-order valence-electron chi connectivity index (χ4n) is 1.32. The third-order valence-corrected chi connectivity index (χ3v) is 2.09. The zero-order chi connectivity index (χ0) is 11.4. The Kier molecular flexibility index (Phi) is 4.12. The summed E-state index contributed by atoms with van der Waals surface area (Å²) in [5.41, 5.74) is 6.43. The average molecular weight is 209 g/mol. The van der Waals surface area contributed by atoms with Crippen molar-refractivity contribution in [1.29, 1.82) is 0 Å². The smallest absolute Gasteiger partial charge is 0.119 e. The summed E-state index contributed by atoms with van der Waals surface area (Å²) < 4.78 is 5.50. The van der Waals surface area contributed by atoms with Gasteiger partial charge in [0, 0.05) is 6.04 Å². The molecule has 0 saturated carbocycles. The number of aliphatic hydroxyl groups excluding tert-OH is 1. The van der Waals surface area contributed by atoms with E-state index < -0.39 is 6.10 Å². The topological polar surface area (TPSA) is 55.5 Å². The molecule has 0 aliphatic carbocycles. The minimum atomic E-state index is -0.613. The molecule has 0 aromatic heterocycles. The van der Waals surface area contributed by atoms with Crippen LogP contribution >= 0.6 is 0 Å². The summed E-state index contributed by atoms with van der Waals surface area (Å²) in [6.07, 6.45) is -0.452. The van der Waals surface area contributed by atoms with Crippen molar-refractivity contribution < 1.29 is 9.84 Å². The lowest BCUT2D eigenvalue weighted by Gasteiger charge is -2.15.